The van der Waals surface area contributed by atoms with Crippen molar-refractivity contribution in [3.8, 4) is 6.07 Å². The van der Waals surface area contributed by atoms with Crippen LogP contribution in [0.3, 0.4) is 0 Å². The summed E-state index contributed by atoms with van der Waals surface area (Å²) in [5.74, 6) is -0.224. The van der Waals surface area contributed by atoms with Gasteiger partial charge in [0.15, 0.2) is 0 Å². The molecule has 0 saturated heterocycles. The van der Waals surface area contributed by atoms with Crippen LogP contribution < -0.4 is 4.90 Å². The third-order valence-electron chi connectivity index (χ3n) is 2.61. The highest BCUT2D eigenvalue weighted by Crippen LogP contribution is 2.27. The van der Waals surface area contributed by atoms with Crippen molar-refractivity contribution in [3.05, 3.63) is 28.2 Å². The molecule has 0 unspecified atom stereocenters. The molecule has 0 saturated carbocycles. The van der Waals surface area contributed by atoms with Gasteiger partial charge in [-0.15, -0.1) is 0 Å². The van der Waals surface area contributed by atoms with Crippen LogP contribution in [0.5, 0.6) is 0 Å². The van der Waals surface area contributed by atoms with E-state index in [0.717, 1.165) is 16.7 Å². The minimum atomic E-state index is -0.224. The van der Waals surface area contributed by atoms with Gasteiger partial charge in [0.25, 0.3) is 0 Å². The number of rotatable bonds is 5. The minimum absolute atomic E-state index is 0.224. The van der Waals surface area contributed by atoms with Gasteiger partial charge in [-0.1, -0.05) is 0 Å². The molecule has 96 valence electrons. The summed E-state index contributed by atoms with van der Waals surface area (Å²) >= 11 is 3.44. The lowest BCUT2D eigenvalue weighted by Crippen LogP contribution is -2.26. The number of halogens is 1. The maximum Gasteiger partial charge on any atom is 0.307 e. The maximum absolute atomic E-state index is 11.1. The Morgan fingerprint density at radius 3 is 2.78 bits per heavy atom. The molecule has 0 bridgehead atoms. The van der Waals surface area contributed by atoms with Gasteiger partial charge in [0.2, 0.25) is 0 Å². The minimum Gasteiger partial charge on any atom is -0.469 e. The molecule has 1 aromatic rings. The first-order chi connectivity index (χ1) is 8.62. The Labute approximate surface area is 115 Å². The number of ether oxygens (including phenoxy) is 1. The fourth-order valence-electron chi connectivity index (χ4n) is 1.61. The number of anilines is 1. The SMILES string of the molecule is CCN(CCC(=O)OC)c1ccc(C#N)cc1Br. The Bertz CT molecular complexity index is 469. The molecule has 0 aromatic heterocycles. The van der Waals surface area contributed by atoms with Crippen LogP contribution in [0.4, 0.5) is 5.69 Å². The molecule has 4 nitrogen and oxygen atoms in total. The highest BCUT2D eigenvalue weighted by atomic mass is 79.9. The van der Waals surface area contributed by atoms with Crippen LogP contribution in [-0.4, -0.2) is 26.2 Å². The first-order valence-electron chi connectivity index (χ1n) is 5.63. The first kappa shape index (κ1) is 14.5. The Morgan fingerprint density at radius 2 is 2.28 bits per heavy atom. The zero-order valence-electron chi connectivity index (χ0n) is 10.4. The molecule has 0 heterocycles. The first-order valence-corrected chi connectivity index (χ1v) is 6.43. The van der Waals surface area contributed by atoms with Crippen LogP contribution in [0.15, 0.2) is 22.7 Å². The van der Waals surface area contributed by atoms with Crippen molar-refractivity contribution >= 4 is 27.6 Å². The lowest BCUT2D eigenvalue weighted by molar-refractivity contribution is -0.140. The summed E-state index contributed by atoms with van der Waals surface area (Å²) in [6, 6.07) is 7.51. The standard InChI is InChI=1S/C13H15BrN2O2/c1-3-16(7-6-13(17)18-2)12-5-4-10(9-15)8-11(12)14/h4-5,8H,3,6-7H2,1-2H3. The van der Waals surface area contributed by atoms with E-state index in [1.54, 1.807) is 12.1 Å². The van der Waals surface area contributed by atoms with E-state index in [4.69, 9.17) is 5.26 Å². The lowest BCUT2D eigenvalue weighted by Gasteiger charge is -2.23. The molecule has 0 N–H and O–H groups in total. The van der Waals surface area contributed by atoms with Crippen molar-refractivity contribution in [1.29, 1.82) is 5.26 Å². The third kappa shape index (κ3) is 3.74. The summed E-state index contributed by atoms with van der Waals surface area (Å²) in [5.41, 5.74) is 1.58. The number of hydrogen-bond donors (Lipinski definition) is 0. The summed E-state index contributed by atoms with van der Waals surface area (Å²) in [5, 5.41) is 8.81. The van der Waals surface area contributed by atoms with E-state index in [2.05, 4.69) is 31.6 Å². The van der Waals surface area contributed by atoms with Crippen LogP contribution in [0, 0.1) is 11.3 Å². The molecule has 0 amide bonds. The van der Waals surface area contributed by atoms with E-state index in [-0.39, 0.29) is 5.97 Å². The van der Waals surface area contributed by atoms with Crippen LogP contribution in [-0.2, 0) is 9.53 Å². The predicted molar refractivity (Wildman–Crippen MR) is 73.4 cm³/mol. The Morgan fingerprint density at radius 1 is 1.56 bits per heavy atom. The van der Waals surface area contributed by atoms with E-state index in [9.17, 15) is 4.79 Å². The van der Waals surface area contributed by atoms with E-state index in [1.807, 2.05) is 13.0 Å². The number of benzene rings is 1. The van der Waals surface area contributed by atoms with Gasteiger partial charge >= 0.3 is 5.97 Å². The topological polar surface area (TPSA) is 53.3 Å². The zero-order chi connectivity index (χ0) is 13.5. The summed E-state index contributed by atoms with van der Waals surface area (Å²) in [4.78, 5) is 13.2. The summed E-state index contributed by atoms with van der Waals surface area (Å²) in [6.45, 7) is 3.39. The molecule has 0 radical (unpaired) electrons. The fourth-order valence-corrected chi connectivity index (χ4v) is 2.24. The molecule has 0 fully saturated rings. The molecule has 1 aromatic carbocycles. The van der Waals surface area contributed by atoms with Gasteiger partial charge in [0, 0.05) is 17.6 Å². The van der Waals surface area contributed by atoms with Gasteiger partial charge < -0.3 is 9.64 Å². The van der Waals surface area contributed by atoms with Crippen LogP contribution in [0.1, 0.15) is 18.9 Å². The average Bonchev–Trinajstić information content (AvgIpc) is 2.40. The molecule has 0 atom stereocenters. The molecule has 0 aliphatic heterocycles. The Balaban J connectivity index is 2.82. The quantitative estimate of drug-likeness (QED) is 0.785. The normalized spacial score (nSPS) is 9.67. The third-order valence-corrected chi connectivity index (χ3v) is 3.25. The molecular formula is C13H15BrN2O2. The van der Waals surface area contributed by atoms with E-state index in [0.29, 0.717) is 18.5 Å². The number of esters is 1. The molecule has 0 aliphatic rings. The van der Waals surface area contributed by atoms with Crippen molar-refractivity contribution in [1.82, 2.24) is 0 Å². The van der Waals surface area contributed by atoms with Gasteiger partial charge in [0.05, 0.1) is 30.9 Å². The predicted octanol–water partition coefficient (Wildman–Crippen LogP) is 2.71. The summed E-state index contributed by atoms with van der Waals surface area (Å²) in [6.07, 6.45) is 0.344. The Hall–Kier alpha value is -1.54. The van der Waals surface area contributed by atoms with Gasteiger partial charge in [0.1, 0.15) is 0 Å². The molecule has 1 rings (SSSR count). The van der Waals surface area contributed by atoms with Crippen LogP contribution in [0.2, 0.25) is 0 Å². The molecule has 0 spiro atoms. The van der Waals surface area contributed by atoms with Gasteiger partial charge in [-0.3, -0.25) is 4.79 Å². The molecule has 18 heavy (non-hydrogen) atoms. The van der Waals surface area contributed by atoms with E-state index >= 15 is 0 Å². The van der Waals surface area contributed by atoms with Gasteiger partial charge in [-0.2, -0.15) is 5.26 Å². The number of carbonyl (C=O) groups excluding carboxylic acids is 1. The summed E-state index contributed by atoms with van der Waals surface area (Å²) in [7, 11) is 1.39. The van der Waals surface area contributed by atoms with Crippen molar-refractivity contribution in [2.75, 3.05) is 25.1 Å². The molecule has 5 heteroatoms. The highest BCUT2D eigenvalue weighted by molar-refractivity contribution is 9.10. The van der Waals surface area contributed by atoms with Crippen LogP contribution in [0.25, 0.3) is 0 Å². The second kappa shape index (κ2) is 7.02. The maximum atomic E-state index is 11.1. The van der Waals surface area contributed by atoms with E-state index in [1.165, 1.54) is 7.11 Å². The number of nitriles is 1. The van der Waals surface area contributed by atoms with Crippen LogP contribution >= 0.6 is 15.9 Å². The monoisotopic (exact) mass is 310 g/mol. The lowest BCUT2D eigenvalue weighted by atomic mass is 10.2. The van der Waals surface area contributed by atoms with Crippen molar-refractivity contribution in [2.45, 2.75) is 13.3 Å². The second-order valence-electron chi connectivity index (χ2n) is 3.68. The summed E-state index contributed by atoms with van der Waals surface area (Å²) < 4.78 is 5.48. The van der Waals surface area contributed by atoms with Crippen molar-refractivity contribution in [2.24, 2.45) is 0 Å². The van der Waals surface area contributed by atoms with Gasteiger partial charge in [-0.05, 0) is 41.1 Å². The Kier molecular flexibility index (Phi) is 5.66. The zero-order valence-corrected chi connectivity index (χ0v) is 12.0. The number of methoxy groups -OCH3 is 1. The smallest absolute Gasteiger partial charge is 0.307 e. The van der Waals surface area contributed by atoms with E-state index < -0.39 is 0 Å². The van der Waals surface area contributed by atoms with Crippen molar-refractivity contribution < 1.29 is 9.53 Å². The van der Waals surface area contributed by atoms with Gasteiger partial charge in [-0.25, -0.2) is 0 Å². The highest BCUT2D eigenvalue weighted by Gasteiger charge is 2.11. The largest absolute Gasteiger partial charge is 0.469 e. The molecular weight excluding hydrogens is 296 g/mol. The number of hydrogen-bond acceptors (Lipinski definition) is 4. The average molecular weight is 311 g/mol. The number of nitrogens with zero attached hydrogens (tertiary/aromatic N) is 2. The van der Waals surface area contributed by atoms with Crippen molar-refractivity contribution in [3.63, 3.8) is 0 Å². The number of carbonyl (C=O) groups is 1. The second-order valence-corrected chi connectivity index (χ2v) is 4.54. The molecule has 0 aliphatic carbocycles. The fraction of sp³-hybridized carbons (Fsp3) is 0.385.